The SMILES string of the molecule is O=C(O)NCCC(=O)NNC(=O)CCl. The van der Waals surface area contributed by atoms with Gasteiger partial charge in [-0.1, -0.05) is 0 Å². The highest BCUT2D eigenvalue weighted by Crippen LogP contribution is 1.76. The maximum absolute atomic E-state index is 10.8. The Bertz CT molecular complexity index is 233. The molecule has 0 radical (unpaired) electrons. The van der Waals surface area contributed by atoms with E-state index in [1.807, 2.05) is 10.7 Å². The fourth-order valence-corrected chi connectivity index (χ4v) is 0.585. The molecule has 0 atom stereocenters. The van der Waals surface area contributed by atoms with E-state index in [0.717, 1.165) is 0 Å². The lowest BCUT2D eigenvalue weighted by Gasteiger charge is -2.05. The number of carbonyl (C=O) groups excluding carboxylic acids is 2. The molecule has 0 bridgehead atoms. The average Bonchev–Trinajstić information content (AvgIpc) is 2.13. The summed E-state index contributed by atoms with van der Waals surface area (Å²) in [7, 11) is 0. The predicted octanol–water partition coefficient (Wildman–Crippen LogP) is -0.970. The van der Waals surface area contributed by atoms with Crippen molar-refractivity contribution in [3.8, 4) is 0 Å². The number of rotatable bonds is 4. The normalized spacial score (nSPS) is 8.93. The van der Waals surface area contributed by atoms with E-state index < -0.39 is 17.9 Å². The Morgan fingerprint density at radius 2 is 1.71 bits per heavy atom. The first-order valence-corrected chi connectivity index (χ1v) is 4.20. The van der Waals surface area contributed by atoms with Gasteiger partial charge in [0, 0.05) is 13.0 Å². The van der Waals surface area contributed by atoms with Crippen LogP contribution in [0.1, 0.15) is 6.42 Å². The second-order valence-electron chi connectivity index (χ2n) is 2.21. The lowest BCUT2D eigenvalue weighted by molar-refractivity contribution is -0.127. The number of amides is 3. The molecule has 4 N–H and O–H groups in total. The Morgan fingerprint density at radius 1 is 1.14 bits per heavy atom. The Labute approximate surface area is 84.8 Å². The highest BCUT2D eigenvalue weighted by molar-refractivity contribution is 6.27. The summed E-state index contributed by atoms with van der Waals surface area (Å²) in [6, 6.07) is 0. The van der Waals surface area contributed by atoms with Gasteiger partial charge in [0.2, 0.25) is 5.91 Å². The molecule has 0 heterocycles. The van der Waals surface area contributed by atoms with E-state index in [9.17, 15) is 14.4 Å². The van der Waals surface area contributed by atoms with Crippen LogP contribution in [0.5, 0.6) is 0 Å². The van der Waals surface area contributed by atoms with Gasteiger partial charge in [0.15, 0.2) is 0 Å². The molecule has 0 aromatic rings. The molecular formula is C6H10ClN3O4. The molecule has 14 heavy (non-hydrogen) atoms. The molecule has 0 saturated heterocycles. The quantitative estimate of drug-likeness (QED) is 0.363. The summed E-state index contributed by atoms with van der Waals surface area (Å²) in [4.78, 5) is 31.3. The zero-order valence-corrected chi connectivity index (χ0v) is 7.93. The average molecular weight is 224 g/mol. The molecular weight excluding hydrogens is 214 g/mol. The van der Waals surface area contributed by atoms with Crippen LogP contribution in [0, 0.1) is 0 Å². The summed E-state index contributed by atoms with van der Waals surface area (Å²) in [6.45, 7) is -0.0160. The van der Waals surface area contributed by atoms with Crippen molar-refractivity contribution < 1.29 is 19.5 Å². The third-order valence-electron chi connectivity index (χ3n) is 1.09. The minimum Gasteiger partial charge on any atom is -0.465 e. The van der Waals surface area contributed by atoms with Gasteiger partial charge >= 0.3 is 6.09 Å². The van der Waals surface area contributed by atoms with Crippen molar-refractivity contribution >= 4 is 29.5 Å². The van der Waals surface area contributed by atoms with Crippen molar-refractivity contribution in [3.63, 3.8) is 0 Å². The molecule has 0 rings (SSSR count). The number of halogens is 1. The number of carbonyl (C=O) groups is 3. The van der Waals surface area contributed by atoms with Crippen LogP contribution >= 0.6 is 11.6 Å². The number of carboxylic acid groups (broad SMARTS) is 1. The number of hydrogen-bond acceptors (Lipinski definition) is 3. The van der Waals surface area contributed by atoms with Gasteiger partial charge in [-0.2, -0.15) is 0 Å². The van der Waals surface area contributed by atoms with Gasteiger partial charge in [-0.3, -0.25) is 20.4 Å². The smallest absolute Gasteiger partial charge is 0.404 e. The van der Waals surface area contributed by atoms with E-state index >= 15 is 0 Å². The molecule has 80 valence electrons. The molecule has 0 saturated carbocycles. The van der Waals surface area contributed by atoms with Gasteiger partial charge in [0.05, 0.1) is 0 Å². The van der Waals surface area contributed by atoms with Crippen molar-refractivity contribution in [1.29, 1.82) is 0 Å². The van der Waals surface area contributed by atoms with E-state index in [1.54, 1.807) is 0 Å². The maximum Gasteiger partial charge on any atom is 0.404 e. The van der Waals surface area contributed by atoms with Gasteiger partial charge in [0.25, 0.3) is 5.91 Å². The third kappa shape index (κ3) is 7.17. The number of nitrogens with one attached hydrogen (secondary N) is 3. The molecule has 0 aliphatic carbocycles. The van der Waals surface area contributed by atoms with Crippen molar-refractivity contribution in [2.24, 2.45) is 0 Å². The molecule has 0 spiro atoms. The summed E-state index contributed by atoms with van der Waals surface area (Å²) in [5.41, 5.74) is 4.08. The summed E-state index contributed by atoms with van der Waals surface area (Å²) < 4.78 is 0. The second kappa shape index (κ2) is 6.96. The van der Waals surface area contributed by atoms with E-state index in [1.165, 1.54) is 0 Å². The minimum atomic E-state index is -1.21. The Morgan fingerprint density at radius 3 is 2.21 bits per heavy atom. The van der Waals surface area contributed by atoms with Crippen LogP contribution in [-0.2, 0) is 9.59 Å². The summed E-state index contributed by atoms with van der Waals surface area (Å²) >= 11 is 5.13. The zero-order valence-electron chi connectivity index (χ0n) is 7.17. The molecule has 0 aliphatic rings. The fraction of sp³-hybridized carbons (Fsp3) is 0.500. The number of alkyl halides is 1. The Hall–Kier alpha value is -1.50. The number of hydrogen-bond donors (Lipinski definition) is 4. The highest BCUT2D eigenvalue weighted by atomic mass is 35.5. The van der Waals surface area contributed by atoms with Crippen molar-refractivity contribution in [3.05, 3.63) is 0 Å². The zero-order chi connectivity index (χ0) is 11.0. The first kappa shape index (κ1) is 12.5. The predicted molar refractivity (Wildman–Crippen MR) is 47.6 cm³/mol. The van der Waals surface area contributed by atoms with Crippen molar-refractivity contribution in [1.82, 2.24) is 16.2 Å². The van der Waals surface area contributed by atoms with Crippen molar-refractivity contribution in [2.45, 2.75) is 6.42 Å². The first-order chi connectivity index (χ1) is 6.56. The molecule has 8 heteroatoms. The standard InChI is InChI=1S/C6H10ClN3O4/c7-3-5(12)10-9-4(11)1-2-8-6(13)14/h8H,1-3H2,(H,9,11)(H,10,12)(H,13,14). The summed E-state index contributed by atoms with van der Waals surface area (Å²) in [5.74, 6) is -1.29. The largest absolute Gasteiger partial charge is 0.465 e. The van der Waals surface area contributed by atoms with Crippen LogP contribution in [-0.4, -0.2) is 35.4 Å². The minimum absolute atomic E-state index is 0.0160. The molecule has 3 amide bonds. The Kier molecular flexibility index (Phi) is 6.21. The van der Waals surface area contributed by atoms with Crippen LogP contribution in [0.4, 0.5) is 4.79 Å². The number of hydrazine groups is 1. The first-order valence-electron chi connectivity index (χ1n) is 3.66. The maximum atomic E-state index is 10.8. The fourth-order valence-electron chi connectivity index (χ4n) is 0.518. The second-order valence-corrected chi connectivity index (χ2v) is 2.48. The lowest BCUT2D eigenvalue weighted by atomic mass is 10.4. The van der Waals surface area contributed by atoms with Gasteiger partial charge in [0.1, 0.15) is 5.88 Å². The third-order valence-corrected chi connectivity index (χ3v) is 1.33. The monoisotopic (exact) mass is 223 g/mol. The Balaban J connectivity index is 3.46. The van der Waals surface area contributed by atoms with Gasteiger partial charge in [-0.05, 0) is 0 Å². The molecule has 0 unspecified atom stereocenters. The van der Waals surface area contributed by atoms with Gasteiger partial charge < -0.3 is 10.4 Å². The lowest BCUT2D eigenvalue weighted by Crippen LogP contribution is -2.43. The molecule has 0 aromatic heterocycles. The van der Waals surface area contributed by atoms with E-state index in [0.29, 0.717) is 0 Å². The summed E-state index contributed by atoms with van der Waals surface area (Å²) in [5, 5.41) is 10.1. The van der Waals surface area contributed by atoms with E-state index in [2.05, 4.69) is 5.43 Å². The van der Waals surface area contributed by atoms with Crippen LogP contribution in [0.15, 0.2) is 0 Å². The van der Waals surface area contributed by atoms with Crippen LogP contribution in [0.3, 0.4) is 0 Å². The molecule has 0 fully saturated rings. The van der Waals surface area contributed by atoms with Gasteiger partial charge in [-0.15, -0.1) is 11.6 Å². The molecule has 0 aliphatic heterocycles. The van der Waals surface area contributed by atoms with E-state index in [4.69, 9.17) is 16.7 Å². The topological polar surface area (TPSA) is 108 Å². The van der Waals surface area contributed by atoms with Crippen LogP contribution in [0.25, 0.3) is 0 Å². The van der Waals surface area contributed by atoms with Crippen LogP contribution in [0.2, 0.25) is 0 Å². The highest BCUT2D eigenvalue weighted by Gasteiger charge is 2.03. The van der Waals surface area contributed by atoms with Crippen LogP contribution < -0.4 is 16.2 Å². The molecule has 0 aromatic carbocycles. The van der Waals surface area contributed by atoms with Crippen molar-refractivity contribution in [2.75, 3.05) is 12.4 Å². The van der Waals surface area contributed by atoms with Gasteiger partial charge in [-0.25, -0.2) is 4.79 Å². The molecule has 7 nitrogen and oxygen atoms in total. The summed E-state index contributed by atoms with van der Waals surface area (Å²) in [6.07, 6.45) is -1.27. The van der Waals surface area contributed by atoms with E-state index in [-0.39, 0.29) is 18.8 Å².